The van der Waals surface area contributed by atoms with Gasteiger partial charge in [0.2, 0.25) is 0 Å². The molecule has 0 aliphatic carbocycles. The van der Waals surface area contributed by atoms with E-state index >= 15 is 0 Å². The van der Waals surface area contributed by atoms with Gasteiger partial charge in [-0.2, -0.15) is 0 Å². The minimum atomic E-state index is 0.968. The van der Waals surface area contributed by atoms with Gasteiger partial charge in [0.25, 0.3) is 0 Å². The topological polar surface area (TPSA) is 12.9 Å². The highest BCUT2D eigenvalue weighted by Gasteiger charge is 2.01. The lowest BCUT2D eigenvalue weighted by atomic mass is 10.2. The molecule has 1 aromatic carbocycles. The molecule has 1 nitrogen and oxygen atoms in total. The zero-order chi connectivity index (χ0) is 12.3. The standard InChI is InChI=1S/C14H14BrNS/c1-10-4-3-5-12(6-10)9-17-14-7-11(2)13(15)8-16-14/h3-8H,9H2,1-2H3. The third-order valence-corrected chi connectivity index (χ3v) is 4.32. The number of nitrogens with zero attached hydrogens (tertiary/aromatic N) is 1. The zero-order valence-corrected chi connectivity index (χ0v) is 12.3. The Kier molecular flexibility index (Phi) is 4.24. The van der Waals surface area contributed by atoms with Crippen LogP contribution in [0.25, 0.3) is 0 Å². The summed E-state index contributed by atoms with van der Waals surface area (Å²) in [6.45, 7) is 4.21. The first-order valence-corrected chi connectivity index (χ1v) is 7.23. The molecule has 0 N–H and O–H groups in total. The predicted octanol–water partition coefficient (Wildman–Crippen LogP) is 4.75. The molecule has 0 fully saturated rings. The average Bonchev–Trinajstić information content (AvgIpc) is 2.31. The molecule has 88 valence electrons. The van der Waals surface area contributed by atoms with Crippen molar-refractivity contribution in [2.24, 2.45) is 0 Å². The Bertz CT molecular complexity index is 525. The van der Waals surface area contributed by atoms with Gasteiger partial charge in [-0.05, 0) is 47.0 Å². The quantitative estimate of drug-likeness (QED) is 0.759. The Morgan fingerprint density at radius 3 is 2.76 bits per heavy atom. The maximum Gasteiger partial charge on any atom is 0.0966 e. The lowest BCUT2D eigenvalue weighted by Crippen LogP contribution is -1.86. The number of thioether (sulfide) groups is 1. The van der Waals surface area contributed by atoms with E-state index in [-0.39, 0.29) is 0 Å². The molecule has 0 amide bonds. The van der Waals surface area contributed by atoms with E-state index in [0.29, 0.717) is 0 Å². The number of rotatable bonds is 3. The van der Waals surface area contributed by atoms with E-state index in [1.54, 1.807) is 11.8 Å². The minimum absolute atomic E-state index is 0.968. The molecule has 17 heavy (non-hydrogen) atoms. The van der Waals surface area contributed by atoms with E-state index < -0.39 is 0 Å². The lowest BCUT2D eigenvalue weighted by Gasteiger charge is -2.04. The highest BCUT2D eigenvalue weighted by molar-refractivity contribution is 9.10. The molecule has 1 aromatic heterocycles. The van der Waals surface area contributed by atoms with E-state index in [4.69, 9.17) is 0 Å². The van der Waals surface area contributed by atoms with E-state index in [2.05, 4.69) is 65.1 Å². The van der Waals surface area contributed by atoms with Crippen LogP contribution in [0.2, 0.25) is 0 Å². The summed E-state index contributed by atoms with van der Waals surface area (Å²) in [6.07, 6.45) is 1.87. The highest BCUT2D eigenvalue weighted by Crippen LogP contribution is 2.24. The molecule has 0 unspecified atom stereocenters. The summed E-state index contributed by atoms with van der Waals surface area (Å²) >= 11 is 5.24. The van der Waals surface area contributed by atoms with Crippen LogP contribution in [-0.4, -0.2) is 4.98 Å². The molecule has 0 aliphatic heterocycles. The second kappa shape index (κ2) is 5.69. The molecule has 3 heteroatoms. The average molecular weight is 308 g/mol. The normalized spacial score (nSPS) is 10.5. The Morgan fingerprint density at radius 2 is 2.06 bits per heavy atom. The molecule has 0 saturated carbocycles. The predicted molar refractivity (Wildman–Crippen MR) is 77.4 cm³/mol. The van der Waals surface area contributed by atoms with Crippen LogP contribution >= 0.6 is 27.7 Å². The van der Waals surface area contributed by atoms with Crippen LogP contribution in [0, 0.1) is 13.8 Å². The van der Waals surface area contributed by atoms with Gasteiger partial charge in [-0.15, -0.1) is 11.8 Å². The number of halogens is 1. The van der Waals surface area contributed by atoms with Crippen molar-refractivity contribution < 1.29 is 0 Å². The molecule has 0 saturated heterocycles. The smallest absolute Gasteiger partial charge is 0.0966 e. The summed E-state index contributed by atoms with van der Waals surface area (Å²) in [5.74, 6) is 0.968. The van der Waals surface area contributed by atoms with Gasteiger partial charge in [-0.3, -0.25) is 0 Å². The fraction of sp³-hybridized carbons (Fsp3) is 0.214. The molecule has 0 atom stereocenters. The number of aromatic nitrogens is 1. The first-order chi connectivity index (χ1) is 8.15. The summed E-state index contributed by atoms with van der Waals surface area (Å²) < 4.78 is 1.07. The molecule has 1 heterocycles. The zero-order valence-electron chi connectivity index (χ0n) is 9.90. The van der Waals surface area contributed by atoms with Crippen molar-refractivity contribution in [3.8, 4) is 0 Å². The van der Waals surface area contributed by atoms with Crippen LogP contribution < -0.4 is 0 Å². The van der Waals surface area contributed by atoms with Crippen molar-refractivity contribution in [2.75, 3.05) is 0 Å². The van der Waals surface area contributed by atoms with Crippen LogP contribution in [0.5, 0.6) is 0 Å². The Morgan fingerprint density at radius 1 is 1.24 bits per heavy atom. The number of hydrogen-bond donors (Lipinski definition) is 0. The Hall–Kier alpha value is -0.800. The Balaban J connectivity index is 2.05. The van der Waals surface area contributed by atoms with Crippen LogP contribution in [0.4, 0.5) is 0 Å². The summed E-state index contributed by atoms with van der Waals surface area (Å²) in [5.41, 5.74) is 3.88. The van der Waals surface area contributed by atoms with E-state index in [0.717, 1.165) is 15.3 Å². The van der Waals surface area contributed by atoms with Gasteiger partial charge in [-0.25, -0.2) is 4.98 Å². The summed E-state index contributed by atoms with van der Waals surface area (Å²) in [4.78, 5) is 4.39. The summed E-state index contributed by atoms with van der Waals surface area (Å²) in [6, 6.07) is 10.7. The maximum absolute atomic E-state index is 4.39. The van der Waals surface area contributed by atoms with Gasteiger partial charge >= 0.3 is 0 Å². The fourth-order valence-corrected chi connectivity index (χ4v) is 2.65. The molecule has 0 radical (unpaired) electrons. The second-order valence-electron chi connectivity index (χ2n) is 4.05. The fourth-order valence-electron chi connectivity index (χ4n) is 1.55. The summed E-state index contributed by atoms with van der Waals surface area (Å²) in [5, 5.41) is 1.08. The first kappa shape index (κ1) is 12.7. The van der Waals surface area contributed by atoms with Crippen molar-refractivity contribution >= 4 is 27.7 Å². The minimum Gasteiger partial charge on any atom is -0.249 e. The van der Waals surface area contributed by atoms with Gasteiger partial charge < -0.3 is 0 Å². The first-order valence-electron chi connectivity index (χ1n) is 5.45. The van der Waals surface area contributed by atoms with Gasteiger partial charge in [-0.1, -0.05) is 29.8 Å². The molecule has 2 rings (SSSR count). The third kappa shape index (κ3) is 3.58. The van der Waals surface area contributed by atoms with E-state index in [1.807, 2.05) is 6.20 Å². The number of hydrogen-bond acceptors (Lipinski definition) is 2. The number of benzene rings is 1. The SMILES string of the molecule is Cc1cccc(CSc2cc(C)c(Br)cn2)c1. The molecule has 2 aromatic rings. The lowest BCUT2D eigenvalue weighted by molar-refractivity contribution is 1.10. The molecule has 0 bridgehead atoms. The van der Waals surface area contributed by atoms with E-state index in [9.17, 15) is 0 Å². The van der Waals surface area contributed by atoms with Crippen molar-refractivity contribution in [2.45, 2.75) is 24.6 Å². The number of aryl methyl sites for hydroxylation is 2. The van der Waals surface area contributed by atoms with Gasteiger partial charge in [0, 0.05) is 16.4 Å². The van der Waals surface area contributed by atoms with E-state index in [1.165, 1.54) is 16.7 Å². The molecule has 0 spiro atoms. The van der Waals surface area contributed by atoms with Crippen molar-refractivity contribution in [3.63, 3.8) is 0 Å². The maximum atomic E-state index is 4.39. The van der Waals surface area contributed by atoms with Crippen molar-refractivity contribution in [1.82, 2.24) is 4.98 Å². The third-order valence-electron chi connectivity index (χ3n) is 2.49. The second-order valence-corrected chi connectivity index (χ2v) is 5.90. The van der Waals surface area contributed by atoms with Gasteiger partial charge in [0.1, 0.15) is 0 Å². The van der Waals surface area contributed by atoms with Crippen LogP contribution in [-0.2, 0) is 5.75 Å². The van der Waals surface area contributed by atoms with Gasteiger partial charge in [0.15, 0.2) is 0 Å². The van der Waals surface area contributed by atoms with Crippen LogP contribution in [0.15, 0.2) is 46.0 Å². The van der Waals surface area contributed by atoms with Gasteiger partial charge in [0.05, 0.1) is 5.03 Å². The summed E-state index contributed by atoms with van der Waals surface area (Å²) in [7, 11) is 0. The van der Waals surface area contributed by atoms with Crippen molar-refractivity contribution in [1.29, 1.82) is 0 Å². The number of pyridine rings is 1. The largest absolute Gasteiger partial charge is 0.249 e. The van der Waals surface area contributed by atoms with Crippen LogP contribution in [0.3, 0.4) is 0 Å². The van der Waals surface area contributed by atoms with Crippen molar-refractivity contribution in [3.05, 3.63) is 57.7 Å². The molecule has 0 aliphatic rings. The monoisotopic (exact) mass is 307 g/mol. The molecular weight excluding hydrogens is 294 g/mol. The van der Waals surface area contributed by atoms with Crippen LogP contribution in [0.1, 0.15) is 16.7 Å². The highest BCUT2D eigenvalue weighted by atomic mass is 79.9. The molecular formula is C14H14BrNS. The Labute approximate surface area is 115 Å².